The zero-order valence-corrected chi connectivity index (χ0v) is 14.5. The fourth-order valence-electron chi connectivity index (χ4n) is 2.44. The van der Waals surface area contributed by atoms with E-state index in [9.17, 15) is 9.90 Å². The van der Waals surface area contributed by atoms with Gasteiger partial charge < -0.3 is 5.11 Å². The highest BCUT2D eigenvalue weighted by Gasteiger charge is 2.17. The molecular weight excluding hydrogens is 322 g/mol. The SMILES string of the molecule is Cc1ccc(-c2cc(C(=O)O)cc(-c3snnc3C(C)C)c2)nc1. The van der Waals surface area contributed by atoms with E-state index in [4.69, 9.17) is 0 Å². The molecule has 0 atom stereocenters. The third kappa shape index (κ3) is 3.19. The predicted octanol–water partition coefficient (Wildman–Crippen LogP) is 4.40. The second-order valence-electron chi connectivity index (χ2n) is 5.97. The number of carboxylic acids is 1. The normalized spacial score (nSPS) is 11.0. The maximum absolute atomic E-state index is 11.5. The lowest BCUT2D eigenvalue weighted by molar-refractivity contribution is 0.0697. The van der Waals surface area contributed by atoms with Crippen LogP contribution in [0.4, 0.5) is 0 Å². The Morgan fingerprint density at radius 3 is 2.54 bits per heavy atom. The highest BCUT2D eigenvalue weighted by molar-refractivity contribution is 7.09. The molecule has 6 heteroatoms. The number of hydrogen-bond acceptors (Lipinski definition) is 5. The van der Waals surface area contributed by atoms with Gasteiger partial charge in [-0.15, -0.1) is 5.10 Å². The van der Waals surface area contributed by atoms with E-state index in [-0.39, 0.29) is 11.5 Å². The molecule has 0 amide bonds. The zero-order chi connectivity index (χ0) is 17.3. The van der Waals surface area contributed by atoms with Gasteiger partial charge in [0, 0.05) is 11.8 Å². The average molecular weight is 339 g/mol. The summed E-state index contributed by atoms with van der Waals surface area (Å²) in [6.07, 6.45) is 1.77. The van der Waals surface area contributed by atoms with Crippen molar-refractivity contribution in [1.29, 1.82) is 0 Å². The van der Waals surface area contributed by atoms with Gasteiger partial charge in [-0.2, -0.15) is 0 Å². The van der Waals surface area contributed by atoms with E-state index in [1.165, 1.54) is 11.5 Å². The van der Waals surface area contributed by atoms with Gasteiger partial charge in [-0.1, -0.05) is 24.4 Å². The molecule has 5 nitrogen and oxygen atoms in total. The van der Waals surface area contributed by atoms with Gasteiger partial charge in [0.15, 0.2) is 0 Å². The molecule has 0 aliphatic heterocycles. The Labute approximate surface area is 144 Å². The molecule has 2 heterocycles. The minimum Gasteiger partial charge on any atom is -0.478 e. The Morgan fingerprint density at radius 1 is 1.17 bits per heavy atom. The third-order valence-electron chi connectivity index (χ3n) is 3.71. The number of carbonyl (C=O) groups is 1. The Hall–Kier alpha value is -2.60. The topological polar surface area (TPSA) is 76.0 Å². The highest BCUT2D eigenvalue weighted by atomic mass is 32.1. The fourth-order valence-corrected chi connectivity index (χ4v) is 3.25. The van der Waals surface area contributed by atoms with Gasteiger partial charge in [-0.05, 0) is 59.8 Å². The van der Waals surface area contributed by atoms with Gasteiger partial charge in [0.25, 0.3) is 0 Å². The number of benzene rings is 1. The van der Waals surface area contributed by atoms with Crippen LogP contribution < -0.4 is 0 Å². The molecule has 3 aromatic rings. The molecule has 0 aliphatic carbocycles. The first kappa shape index (κ1) is 16.3. The lowest BCUT2D eigenvalue weighted by atomic mass is 9.99. The van der Waals surface area contributed by atoms with Gasteiger partial charge in [-0.3, -0.25) is 4.98 Å². The smallest absolute Gasteiger partial charge is 0.335 e. The molecule has 0 saturated carbocycles. The van der Waals surface area contributed by atoms with Gasteiger partial charge in [0.2, 0.25) is 0 Å². The number of nitrogens with zero attached hydrogens (tertiary/aromatic N) is 3. The average Bonchev–Trinajstić information content (AvgIpc) is 3.05. The summed E-state index contributed by atoms with van der Waals surface area (Å²) in [6.45, 7) is 6.06. The van der Waals surface area contributed by atoms with Gasteiger partial charge in [0.1, 0.15) is 0 Å². The van der Waals surface area contributed by atoms with Crippen LogP contribution in [0.5, 0.6) is 0 Å². The summed E-state index contributed by atoms with van der Waals surface area (Å²) in [5, 5.41) is 13.6. The molecule has 1 aromatic carbocycles. The summed E-state index contributed by atoms with van der Waals surface area (Å²) < 4.78 is 4.04. The second kappa shape index (κ2) is 6.49. The van der Waals surface area contributed by atoms with Gasteiger partial charge in [0.05, 0.1) is 21.8 Å². The number of hydrogen-bond donors (Lipinski definition) is 1. The van der Waals surface area contributed by atoms with Crippen molar-refractivity contribution in [3.63, 3.8) is 0 Å². The van der Waals surface area contributed by atoms with Crippen LogP contribution in [0, 0.1) is 6.92 Å². The largest absolute Gasteiger partial charge is 0.478 e. The number of aromatic carboxylic acids is 1. The Balaban J connectivity index is 2.18. The molecule has 0 radical (unpaired) electrons. The van der Waals surface area contributed by atoms with Crippen molar-refractivity contribution < 1.29 is 9.90 Å². The standard InChI is InChI=1S/C18H17N3O2S/c1-10(2)16-17(24-21-20-16)13-6-12(7-14(8-13)18(22)23)15-5-4-11(3)9-19-15/h4-10H,1-3H3,(H,22,23). The summed E-state index contributed by atoms with van der Waals surface area (Å²) in [5.41, 5.74) is 4.49. The van der Waals surface area contributed by atoms with Crippen molar-refractivity contribution in [3.8, 4) is 21.7 Å². The first-order valence-corrected chi connectivity index (χ1v) is 8.37. The molecule has 0 aliphatic rings. The lowest BCUT2D eigenvalue weighted by Crippen LogP contribution is -1.99. The first-order valence-electron chi connectivity index (χ1n) is 7.59. The third-order valence-corrected chi connectivity index (χ3v) is 4.50. The second-order valence-corrected chi connectivity index (χ2v) is 6.72. The fraction of sp³-hybridized carbons (Fsp3) is 0.222. The molecule has 24 heavy (non-hydrogen) atoms. The summed E-state index contributed by atoms with van der Waals surface area (Å²) in [7, 11) is 0. The van der Waals surface area contributed by atoms with E-state index in [2.05, 4.69) is 14.6 Å². The Morgan fingerprint density at radius 2 is 1.92 bits per heavy atom. The Kier molecular flexibility index (Phi) is 4.40. The lowest BCUT2D eigenvalue weighted by Gasteiger charge is -2.09. The van der Waals surface area contributed by atoms with Gasteiger partial charge in [-0.25, -0.2) is 4.79 Å². The molecular formula is C18H17N3O2S. The minimum atomic E-state index is -0.964. The van der Waals surface area contributed by atoms with E-state index in [0.29, 0.717) is 0 Å². The summed E-state index contributed by atoms with van der Waals surface area (Å²) in [5.74, 6) is -0.748. The van der Waals surface area contributed by atoms with Crippen LogP contribution in [-0.4, -0.2) is 25.6 Å². The van der Waals surface area contributed by atoms with Crippen LogP contribution in [0.15, 0.2) is 36.5 Å². The van der Waals surface area contributed by atoms with Crippen molar-refractivity contribution in [2.24, 2.45) is 0 Å². The maximum atomic E-state index is 11.5. The number of aromatic nitrogens is 3. The monoisotopic (exact) mass is 339 g/mol. The number of aryl methyl sites for hydroxylation is 1. The molecule has 0 spiro atoms. The first-order chi connectivity index (χ1) is 11.5. The summed E-state index contributed by atoms with van der Waals surface area (Å²) in [4.78, 5) is 16.8. The van der Waals surface area contributed by atoms with E-state index in [1.54, 1.807) is 18.3 Å². The molecule has 0 saturated heterocycles. The number of pyridine rings is 1. The molecule has 0 unspecified atom stereocenters. The van der Waals surface area contributed by atoms with Crippen molar-refractivity contribution >= 4 is 17.5 Å². The van der Waals surface area contributed by atoms with E-state index < -0.39 is 5.97 Å². The van der Waals surface area contributed by atoms with Crippen molar-refractivity contribution in [1.82, 2.24) is 14.6 Å². The Bertz CT molecular complexity index is 886. The van der Waals surface area contributed by atoms with E-state index in [1.807, 2.05) is 39.0 Å². The van der Waals surface area contributed by atoms with E-state index >= 15 is 0 Å². The molecule has 0 fully saturated rings. The predicted molar refractivity (Wildman–Crippen MR) is 94.4 cm³/mol. The maximum Gasteiger partial charge on any atom is 0.335 e. The van der Waals surface area contributed by atoms with Crippen LogP contribution >= 0.6 is 11.5 Å². The van der Waals surface area contributed by atoms with E-state index in [0.717, 1.165) is 33.0 Å². The van der Waals surface area contributed by atoms with Crippen molar-refractivity contribution in [2.75, 3.05) is 0 Å². The highest BCUT2D eigenvalue weighted by Crippen LogP contribution is 2.34. The molecule has 3 rings (SSSR count). The molecule has 2 aromatic heterocycles. The number of rotatable bonds is 4. The van der Waals surface area contributed by atoms with Crippen LogP contribution in [0.2, 0.25) is 0 Å². The molecule has 1 N–H and O–H groups in total. The van der Waals surface area contributed by atoms with Crippen molar-refractivity contribution in [3.05, 3.63) is 53.3 Å². The molecule has 0 bridgehead atoms. The zero-order valence-electron chi connectivity index (χ0n) is 13.6. The van der Waals surface area contributed by atoms with Crippen molar-refractivity contribution in [2.45, 2.75) is 26.7 Å². The van der Waals surface area contributed by atoms with Crippen LogP contribution in [-0.2, 0) is 0 Å². The van der Waals surface area contributed by atoms with Crippen LogP contribution in [0.1, 0.15) is 41.4 Å². The van der Waals surface area contributed by atoms with Crippen LogP contribution in [0.3, 0.4) is 0 Å². The minimum absolute atomic E-state index is 0.216. The van der Waals surface area contributed by atoms with Crippen LogP contribution in [0.25, 0.3) is 21.7 Å². The van der Waals surface area contributed by atoms with Gasteiger partial charge >= 0.3 is 5.97 Å². The quantitative estimate of drug-likeness (QED) is 0.762. The molecule has 122 valence electrons. The number of carboxylic acid groups (broad SMARTS) is 1. The summed E-state index contributed by atoms with van der Waals surface area (Å²) >= 11 is 1.28. The summed E-state index contributed by atoms with van der Waals surface area (Å²) in [6, 6.07) is 9.12.